The predicted octanol–water partition coefficient (Wildman–Crippen LogP) is 2.66. The van der Waals surface area contributed by atoms with Crippen LogP contribution < -0.4 is 0 Å². The van der Waals surface area contributed by atoms with Gasteiger partial charge in [-0.1, -0.05) is 24.3 Å². The fraction of sp³-hybridized carbons (Fsp3) is 0.154. The van der Waals surface area contributed by atoms with Crippen molar-refractivity contribution >= 4 is 5.97 Å². The van der Waals surface area contributed by atoms with Gasteiger partial charge < -0.3 is 9.15 Å². The lowest BCUT2D eigenvalue weighted by Gasteiger charge is -2.11. The lowest BCUT2D eigenvalue weighted by atomic mass is 9.94. The maximum Gasteiger partial charge on any atom is 0.373 e. The Labute approximate surface area is 93.7 Å². The van der Waals surface area contributed by atoms with Gasteiger partial charge in [-0.15, -0.1) is 0 Å². The lowest BCUT2D eigenvalue weighted by Crippen LogP contribution is -1.97. The van der Waals surface area contributed by atoms with Crippen LogP contribution in [-0.2, 0) is 11.2 Å². The number of carbonyl (C=O) groups excluding carboxylic acids is 1. The van der Waals surface area contributed by atoms with Crippen molar-refractivity contribution in [1.82, 2.24) is 0 Å². The highest BCUT2D eigenvalue weighted by Crippen LogP contribution is 2.18. The molecule has 82 valence electrons. The second-order valence-electron chi connectivity index (χ2n) is 3.47. The smallest absolute Gasteiger partial charge is 0.373 e. The molecule has 1 heterocycles. The Morgan fingerprint density at radius 1 is 1.25 bits per heavy atom. The quantitative estimate of drug-likeness (QED) is 0.587. The van der Waals surface area contributed by atoms with E-state index in [4.69, 9.17) is 4.42 Å². The monoisotopic (exact) mass is 216 g/mol. The molecular weight excluding hydrogens is 204 g/mol. The van der Waals surface area contributed by atoms with Gasteiger partial charge in [0.1, 0.15) is 0 Å². The molecule has 0 unspecified atom stereocenters. The first-order valence-electron chi connectivity index (χ1n) is 4.99. The molecule has 4 rings (SSSR count). The average molecular weight is 216 g/mol. The van der Waals surface area contributed by atoms with E-state index in [0.717, 1.165) is 0 Å². The van der Waals surface area contributed by atoms with Crippen LogP contribution in [0.15, 0.2) is 47.1 Å². The van der Waals surface area contributed by atoms with Gasteiger partial charge in [-0.05, 0) is 29.7 Å². The summed E-state index contributed by atoms with van der Waals surface area (Å²) in [6, 6.07) is 11.8. The molecule has 2 aliphatic rings. The Hall–Kier alpha value is -2.03. The van der Waals surface area contributed by atoms with Crippen molar-refractivity contribution in [3.63, 3.8) is 0 Å². The molecule has 0 saturated heterocycles. The van der Waals surface area contributed by atoms with Gasteiger partial charge in [0.25, 0.3) is 0 Å². The highest BCUT2D eigenvalue weighted by molar-refractivity contribution is 5.85. The van der Waals surface area contributed by atoms with Crippen molar-refractivity contribution in [1.29, 1.82) is 0 Å². The van der Waals surface area contributed by atoms with Gasteiger partial charge in [0.15, 0.2) is 0 Å². The third kappa shape index (κ3) is 2.31. The van der Waals surface area contributed by atoms with Gasteiger partial charge in [0.05, 0.1) is 13.4 Å². The largest absolute Gasteiger partial charge is 0.463 e. The second kappa shape index (κ2) is 4.66. The first kappa shape index (κ1) is 10.5. The SMILES string of the molecule is COC(=O)c1ccco1.c1cc2cc(c1)C2. The third-order valence-electron chi connectivity index (χ3n) is 2.31. The summed E-state index contributed by atoms with van der Waals surface area (Å²) in [6.45, 7) is 0. The molecule has 3 heteroatoms. The van der Waals surface area contributed by atoms with Crippen LogP contribution in [0, 0.1) is 0 Å². The molecule has 3 nitrogen and oxygen atoms in total. The lowest BCUT2D eigenvalue weighted by molar-refractivity contribution is 0.0565. The second-order valence-corrected chi connectivity index (χ2v) is 3.47. The normalized spacial score (nSPS) is 10.8. The molecule has 1 aromatic heterocycles. The standard InChI is InChI=1S/C7H6.C6H6O3/c1-2-6-4-7(3-1)5-6;1-8-6(7)5-3-2-4-9-5/h1-4H,5H2;2-4H,1H3. The summed E-state index contributed by atoms with van der Waals surface area (Å²) in [6.07, 6.45) is 2.64. The van der Waals surface area contributed by atoms with Crippen LogP contribution in [0.4, 0.5) is 0 Å². The van der Waals surface area contributed by atoms with Crippen LogP contribution in [0.5, 0.6) is 0 Å². The predicted molar refractivity (Wildman–Crippen MR) is 59.3 cm³/mol. The molecule has 0 N–H and O–H groups in total. The molecule has 0 radical (unpaired) electrons. The van der Waals surface area contributed by atoms with Crippen molar-refractivity contribution in [2.24, 2.45) is 0 Å². The van der Waals surface area contributed by atoms with Gasteiger partial charge in [-0.25, -0.2) is 4.79 Å². The summed E-state index contributed by atoms with van der Waals surface area (Å²) in [5.41, 5.74) is 2.97. The van der Waals surface area contributed by atoms with Crippen molar-refractivity contribution in [2.75, 3.05) is 7.11 Å². The molecule has 2 aromatic rings. The molecule has 0 saturated carbocycles. The Morgan fingerprint density at radius 2 is 1.94 bits per heavy atom. The maximum absolute atomic E-state index is 10.6. The number of methoxy groups -OCH3 is 1. The number of carbonyl (C=O) groups is 1. The minimum atomic E-state index is -0.444. The molecule has 16 heavy (non-hydrogen) atoms. The van der Waals surface area contributed by atoms with Gasteiger partial charge >= 0.3 is 5.97 Å². The van der Waals surface area contributed by atoms with E-state index in [1.165, 1.54) is 30.9 Å². The number of rotatable bonds is 1. The van der Waals surface area contributed by atoms with Crippen LogP contribution in [-0.4, -0.2) is 13.1 Å². The van der Waals surface area contributed by atoms with E-state index in [-0.39, 0.29) is 5.76 Å². The molecule has 0 fully saturated rings. The minimum absolute atomic E-state index is 0.234. The van der Waals surface area contributed by atoms with Crippen LogP contribution >= 0.6 is 0 Å². The zero-order valence-electron chi connectivity index (χ0n) is 8.97. The van der Waals surface area contributed by atoms with E-state index in [1.54, 1.807) is 12.1 Å². The summed E-state index contributed by atoms with van der Waals surface area (Å²) < 4.78 is 9.07. The molecular formula is C13H12O3. The highest BCUT2D eigenvalue weighted by atomic mass is 16.5. The summed E-state index contributed by atoms with van der Waals surface area (Å²) >= 11 is 0. The average Bonchev–Trinajstić information content (AvgIpc) is 2.82. The van der Waals surface area contributed by atoms with Crippen molar-refractivity contribution in [3.05, 3.63) is 59.5 Å². The van der Waals surface area contributed by atoms with E-state index in [1.807, 2.05) is 0 Å². The number of furan rings is 1. The number of ether oxygens (including phenoxy) is 1. The van der Waals surface area contributed by atoms with E-state index in [2.05, 4.69) is 29.0 Å². The fourth-order valence-corrected chi connectivity index (χ4v) is 1.45. The van der Waals surface area contributed by atoms with Crippen molar-refractivity contribution in [3.8, 4) is 0 Å². The van der Waals surface area contributed by atoms with Gasteiger partial charge in [-0.2, -0.15) is 0 Å². The molecule has 2 bridgehead atoms. The summed E-state index contributed by atoms with van der Waals surface area (Å²) in [7, 11) is 1.31. The highest BCUT2D eigenvalue weighted by Gasteiger charge is 2.05. The molecule has 0 aliphatic heterocycles. The van der Waals surface area contributed by atoms with E-state index < -0.39 is 5.97 Å². The first-order chi connectivity index (χ1) is 7.79. The Balaban J connectivity index is 0.000000123. The summed E-state index contributed by atoms with van der Waals surface area (Å²) in [5.74, 6) is -0.211. The van der Waals surface area contributed by atoms with E-state index in [0.29, 0.717) is 0 Å². The molecule has 1 aromatic carbocycles. The molecule has 0 spiro atoms. The zero-order chi connectivity index (χ0) is 11.4. The van der Waals surface area contributed by atoms with Gasteiger partial charge in [-0.3, -0.25) is 0 Å². The van der Waals surface area contributed by atoms with Crippen LogP contribution in [0.2, 0.25) is 0 Å². The van der Waals surface area contributed by atoms with Crippen LogP contribution in [0.25, 0.3) is 0 Å². The fourth-order valence-electron chi connectivity index (χ4n) is 1.45. The van der Waals surface area contributed by atoms with E-state index in [9.17, 15) is 4.79 Å². The number of hydrogen-bond donors (Lipinski definition) is 0. The van der Waals surface area contributed by atoms with Gasteiger partial charge in [0, 0.05) is 0 Å². The molecule has 0 amide bonds. The van der Waals surface area contributed by atoms with E-state index >= 15 is 0 Å². The Morgan fingerprint density at radius 3 is 2.25 bits per heavy atom. The topological polar surface area (TPSA) is 39.4 Å². The summed E-state index contributed by atoms with van der Waals surface area (Å²) in [4.78, 5) is 10.6. The Bertz CT molecular complexity index is 447. The van der Waals surface area contributed by atoms with Crippen LogP contribution in [0.3, 0.4) is 0 Å². The van der Waals surface area contributed by atoms with Crippen LogP contribution in [0.1, 0.15) is 21.7 Å². The molecule has 2 aliphatic carbocycles. The molecule has 0 atom stereocenters. The third-order valence-corrected chi connectivity index (χ3v) is 2.31. The van der Waals surface area contributed by atoms with Gasteiger partial charge in [0.2, 0.25) is 5.76 Å². The number of hydrogen-bond acceptors (Lipinski definition) is 3. The number of benzene rings is 1. The zero-order valence-corrected chi connectivity index (χ0v) is 8.97. The number of esters is 1. The Kier molecular flexibility index (Phi) is 3.05. The van der Waals surface area contributed by atoms with Crippen molar-refractivity contribution in [2.45, 2.75) is 6.42 Å². The minimum Gasteiger partial charge on any atom is -0.463 e. The van der Waals surface area contributed by atoms with Crippen molar-refractivity contribution < 1.29 is 13.9 Å². The first-order valence-corrected chi connectivity index (χ1v) is 4.99. The summed E-state index contributed by atoms with van der Waals surface area (Å²) in [5, 5.41) is 0. The number of fused-ring (bicyclic) bond motifs is 2. The maximum atomic E-state index is 10.6.